The van der Waals surface area contributed by atoms with E-state index in [9.17, 15) is 14.4 Å². The van der Waals surface area contributed by atoms with Crippen LogP contribution in [0.3, 0.4) is 0 Å². The van der Waals surface area contributed by atoms with Gasteiger partial charge in [0.1, 0.15) is 5.60 Å². The first-order chi connectivity index (χ1) is 8.72. The second kappa shape index (κ2) is 5.78. The van der Waals surface area contributed by atoms with Gasteiger partial charge in [-0.25, -0.2) is 0 Å². The van der Waals surface area contributed by atoms with Crippen LogP contribution in [0.4, 0.5) is 0 Å². The van der Waals surface area contributed by atoms with Crippen LogP contribution in [-0.4, -0.2) is 23.1 Å². The molecular formula is C15H18O4. The number of hydrogen-bond acceptors (Lipinski definition) is 4. The second-order valence-electron chi connectivity index (χ2n) is 5.31. The highest BCUT2D eigenvalue weighted by Crippen LogP contribution is 2.16. The van der Waals surface area contributed by atoms with Gasteiger partial charge in [-0.2, -0.15) is 0 Å². The lowest BCUT2D eigenvalue weighted by atomic mass is 9.94. The summed E-state index contributed by atoms with van der Waals surface area (Å²) in [6.07, 6.45) is 0. The van der Waals surface area contributed by atoms with Crippen molar-refractivity contribution in [2.45, 2.75) is 33.3 Å². The summed E-state index contributed by atoms with van der Waals surface area (Å²) in [5.41, 5.74) is -0.407. The van der Waals surface area contributed by atoms with Crippen LogP contribution in [0.5, 0.6) is 0 Å². The maximum atomic E-state index is 12.2. The molecule has 19 heavy (non-hydrogen) atoms. The predicted octanol–water partition coefficient (Wildman–Crippen LogP) is 2.42. The average Bonchev–Trinajstić information content (AvgIpc) is 2.27. The van der Waals surface area contributed by atoms with Gasteiger partial charge in [-0.3, -0.25) is 14.4 Å². The lowest BCUT2D eigenvalue weighted by Crippen LogP contribution is -2.36. The Hall–Kier alpha value is -1.97. The lowest BCUT2D eigenvalue weighted by molar-refractivity contribution is -0.159. The van der Waals surface area contributed by atoms with Crippen LogP contribution < -0.4 is 0 Å². The van der Waals surface area contributed by atoms with E-state index in [1.807, 2.05) is 0 Å². The van der Waals surface area contributed by atoms with Crippen LogP contribution in [0, 0.1) is 5.92 Å². The highest BCUT2D eigenvalue weighted by Gasteiger charge is 2.35. The van der Waals surface area contributed by atoms with E-state index in [-0.39, 0.29) is 0 Å². The normalized spacial score (nSPS) is 12.6. The minimum absolute atomic E-state index is 0.327. The predicted molar refractivity (Wildman–Crippen MR) is 70.8 cm³/mol. The highest BCUT2D eigenvalue weighted by atomic mass is 16.6. The Kier molecular flexibility index (Phi) is 4.59. The Morgan fingerprint density at radius 1 is 1.05 bits per heavy atom. The molecule has 1 rings (SSSR count). The monoisotopic (exact) mass is 262 g/mol. The Morgan fingerprint density at radius 3 is 2.00 bits per heavy atom. The number of hydrogen-bond donors (Lipinski definition) is 0. The first-order valence-electron chi connectivity index (χ1n) is 6.05. The zero-order chi connectivity index (χ0) is 14.6. The number of ketones is 2. The molecule has 1 atom stereocenters. The molecule has 1 unspecified atom stereocenters. The van der Waals surface area contributed by atoms with Gasteiger partial charge in [0.05, 0.1) is 0 Å². The van der Waals surface area contributed by atoms with E-state index >= 15 is 0 Å². The van der Waals surface area contributed by atoms with Crippen molar-refractivity contribution in [3.8, 4) is 0 Å². The topological polar surface area (TPSA) is 60.4 Å². The summed E-state index contributed by atoms with van der Waals surface area (Å²) >= 11 is 0. The minimum Gasteiger partial charge on any atom is -0.459 e. The maximum Gasteiger partial charge on any atom is 0.325 e. The first kappa shape index (κ1) is 15.1. The van der Waals surface area contributed by atoms with Gasteiger partial charge in [-0.15, -0.1) is 0 Å². The molecule has 4 heteroatoms. The van der Waals surface area contributed by atoms with Crippen molar-refractivity contribution in [2.24, 2.45) is 5.92 Å². The van der Waals surface area contributed by atoms with Crippen LogP contribution in [0.1, 0.15) is 38.1 Å². The molecule has 0 heterocycles. The third kappa shape index (κ3) is 4.32. The molecule has 0 aromatic heterocycles. The maximum absolute atomic E-state index is 12.2. The molecular weight excluding hydrogens is 244 g/mol. The number of ether oxygens (including phenoxy) is 1. The zero-order valence-corrected chi connectivity index (χ0v) is 11.6. The van der Waals surface area contributed by atoms with E-state index in [4.69, 9.17) is 4.74 Å². The van der Waals surface area contributed by atoms with Crippen molar-refractivity contribution < 1.29 is 19.1 Å². The number of rotatable bonds is 4. The van der Waals surface area contributed by atoms with E-state index < -0.39 is 29.1 Å². The molecule has 0 fully saturated rings. The summed E-state index contributed by atoms with van der Waals surface area (Å²) in [6.45, 7) is 6.29. The molecule has 0 bridgehead atoms. The third-order valence-electron chi connectivity index (χ3n) is 2.37. The van der Waals surface area contributed by atoms with E-state index in [1.54, 1.807) is 51.1 Å². The van der Waals surface area contributed by atoms with Gasteiger partial charge < -0.3 is 4.74 Å². The summed E-state index contributed by atoms with van der Waals surface area (Å²) in [7, 11) is 0. The van der Waals surface area contributed by atoms with Gasteiger partial charge in [-0.05, 0) is 27.7 Å². The van der Waals surface area contributed by atoms with Crippen LogP contribution in [-0.2, 0) is 14.3 Å². The van der Waals surface area contributed by atoms with Crippen molar-refractivity contribution in [2.75, 3.05) is 0 Å². The summed E-state index contributed by atoms with van der Waals surface area (Å²) in [6, 6.07) is 8.26. The number of esters is 1. The largest absolute Gasteiger partial charge is 0.459 e. The number of carbonyl (C=O) groups is 3. The first-order valence-corrected chi connectivity index (χ1v) is 6.05. The fraction of sp³-hybridized carbons (Fsp3) is 0.400. The van der Waals surface area contributed by atoms with Gasteiger partial charge >= 0.3 is 5.97 Å². The van der Waals surface area contributed by atoms with Gasteiger partial charge in [-0.1, -0.05) is 30.3 Å². The Morgan fingerprint density at radius 2 is 1.58 bits per heavy atom. The molecule has 0 amide bonds. The van der Waals surface area contributed by atoms with Crippen molar-refractivity contribution >= 4 is 17.5 Å². The van der Waals surface area contributed by atoms with Crippen molar-refractivity contribution in [3.63, 3.8) is 0 Å². The van der Waals surface area contributed by atoms with Crippen LogP contribution in [0.15, 0.2) is 30.3 Å². The Bertz CT molecular complexity index is 483. The SMILES string of the molecule is CC(=O)C(C(=O)OC(C)(C)C)C(=O)c1ccccc1. The molecule has 0 radical (unpaired) electrons. The van der Waals surface area contributed by atoms with Crippen LogP contribution in [0.2, 0.25) is 0 Å². The molecule has 0 aliphatic rings. The third-order valence-corrected chi connectivity index (χ3v) is 2.37. The van der Waals surface area contributed by atoms with E-state index in [1.165, 1.54) is 6.92 Å². The number of Topliss-reactive ketones (excluding diaryl/α,β-unsaturated/α-hetero) is 2. The van der Waals surface area contributed by atoms with Crippen molar-refractivity contribution in [1.82, 2.24) is 0 Å². The summed E-state index contributed by atoms with van der Waals surface area (Å²) in [5.74, 6) is -3.22. The Balaban J connectivity index is 2.99. The highest BCUT2D eigenvalue weighted by molar-refractivity contribution is 6.22. The summed E-state index contributed by atoms with van der Waals surface area (Å²) in [5, 5.41) is 0. The van der Waals surface area contributed by atoms with Gasteiger partial charge in [0.25, 0.3) is 0 Å². The molecule has 4 nitrogen and oxygen atoms in total. The van der Waals surface area contributed by atoms with Crippen LogP contribution in [0.25, 0.3) is 0 Å². The minimum atomic E-state index is -1.39. The summed E-state index contributed by atoms with van der Waals surface area (Å²) < 4.78 is 5.12. The van der Waals surface area contributed by atoms with Crippen molar-refractivity contribution in [3.05, 3.63) is 35.9 Å². The molecule has 102 valence electrons. The fourth-order valence-corrected chi connectivity index (χ4v) is 1.59. The number of benzene rings is 1. The van der Waals surface area contributed by atoms with E-state index in [0.29, 0.717) is 5.56 Å². The van der Waals surface area contributed by atoms with Crippen molar-refractivity contribution in [1.29, 1.82) is 0 Å². The molecule has 0 N–H and O–H groups in total. The molecule has 0 saturated carbocycles. The van der Waals surface area contributed by atoms with E-state index in [0.717, 1.165) is 0 Å². The second-order valence-corrected chi connectivity index (χ2v) is 5.31. The van der Waals surface area contributed by atoms with Gasteiger partial charge in [0, 0.05) is 5.56 Å². The van der Waals surface area contributed by atoms with Gasteiger partial charge in [0.2, 0.25) is 0 Å². The van der Waals surface area contributed by atoms with Gasteiger partial charge in [0.15, 0.2) is 17.5 Å². The molecule has 0 aliphatic heterocycles. The standard InChI is InChI=1S/C15H18O4/c1-10(16)12(14(18)19-15(2,3)4)13(17)11-8-6-5-7-9-11/h5-9,12H,1-4H3. The molecule has 0 aliphatic carbocycles. The zero-order valence-electron chi connectivity index (χ0n) is 11.6. The Labute approximate surface area is 112 Å². The molecule has 1 aromatic rings. The molecule has 0 spiro atoms. The smallest absolute Gasteiger partial charge is 0.325 e. The molecule has 1 aromatic carbocycles. The lowest BCUT2D eigenvalue weighted by Gasteiger charge is -2.22. The average molecular weight is 262 g/mol. The van der Waals surface area contributed by atoms with Crippen LogP contribution >= 0.6 is 0 Å². The quantitative estimate of drug-likeness (QED) is 0.475. The molecule has 0 saturated heterocycles. The van der Waals surface area contributed by atoms with E-state index in [2.05, 4.69) is 0 Å². The number of carbonyl (C=O) groups excluding carboxylic acids is 3. The summed E-state index contributed by atoms with van der Waals surface area (Å²) in [4.78, 5) is 35.7. The fourth-order valence-electron chi connectivity index (χ4n) is 1.59.